The Kier molecular flexibility index (Phi) is 6.20. The maximum Gasteiger partial charge on any atom is 0.265 e. The van der Waals surface area contributed by atoms with Crippen molar-refractivity contribution in [3.8, 4) is 28.5 Å². The summed E-state index contributed by atoms with van der Waals surface area (Å²) in [5.74, 6) is 3.29. The predicted molar refractivity (Wildman–Crippen MR) is 129 cm³/mol. The molecule has 0 saturated carbocycles. The summed E-state index contributed by atoms with van der Waals surface area (Å²) in [5, 5.41) is 11.7. The highest BCUT2D eigenvalue weighted by Gasteiger charge is 2.19. The zero-order valence-electron chi connectivity index (χ0n) is 19.4. The third-order valence-corrected chi connectivity index (χ3v) is 6.23. The van der Waals surface area contributed by atoms with E-state index in [0.717, 1.165) is 36.1 Å². The lowest BCUT2D eigenvalue weighted by Crippen LogP contribution is -2.33. The molecular formula is C26H28N4O4. The van der Waals surface area contributed by atoms with Crippen LogP contribution in [-0.2, 0) is 4.79 Å². The molecule has 8 heteroatoms. The SMILES string of the molecule is CC1CCN(c2ccc(-c3ccc(NC(=O)C(C)Oc4ccc5c(c4)OCO5)cc3)nn2)CC1. The molecule has 34 heavy (non-hydrogen) atoms. The fourth-order valence-electron chi connectivity index (χ4n) is 4.06. The number of anilines is 2. The molecule has 1 N–H and O–H groups in total. The summed E-state index contributed by atoms with van der Waals surface area (Å²) in [6, 6.07) is 16.8. The van der Waals surface area contributed by atoms with Crippen LogP contribution in [0.15, 0.2) is 54.6 Å². The molecule has 1 fully saturated rings. The lowest BCUT2D eigenvalue weighted by molar-refractivity contribution is -0.122. The quantitative estimate of drug-likeness (QED) is 0.579. The molecule has 0 spiro atoms. The number of ether oxygens (including phenoxy) is 3. The van der Waals surface area contributed by atoms with Crippen molar-refractivity contribution < 1.29 is 19.0 Å². The smallest absolute Gasteiger partial charge is 0.265 e. The first kappa shape index (κ1) is 22.0. The van der Waals surface area contributed by atoms with Crippen molar-refractivity contribution >= 4 is 17.4 Å². The number of hydrogen-bond donors (Lipinski definition) is 1. The molecule has 5 rings (SSSR count). The van der Waals surface area contributed by atoms with Gasteiger partial charge in [-0.05, 0) is 62.1 Å². The number of hydrogen-bond acceptors (Lipinski definition) is 7. The first-order valence-electron chi connectivity index (χ1n) is 11.6. The van der Waals surface area contributed by atoms with Gasteiger partial charge >= 0.3 is 0 Å². The van der Waals surface area contributed by atoms with Crippen LogP contribution in [0.1, 0.15) is 26.7 Å². The zero-order chi connectivity index (χ0) is 23.5. The van der Waals surface area contributed by atoms with Crippen LogP contribution in [0, 0.1) is 5.92 Å². The molecule has 0 aliphatic carbocycles. The van der Waals surface area contributed by atoms with Gasteiger partial charge in [0.2, 0.25) is 6.79 Å². The number of rotatable bonds is 6. The highest BCUT2D eigenvalue weighted by Crippen LogP contribution is 2.35. The topological polar surface area (TPSA) is 85.8 Å². The maximum absolute atomic E-state index is 12.6. The van der Waals surface area contributed by atoms with E-state index < -0.39 is 6.10 Å². The molecule has 1 atom stereocenters. The van der Waals surface area contributed by atoms with Gasteiger partial charge in [0.1, 0.15) is 5.75 Å². The highest BCUT2D eigenvalue weighted by molar-refractivity contribution is 5.94. The Labute approximate surface area is 198 Å². The van der Waals surface area contributed by atoms with Gasteiger partial charge in [-0.2, -0.15) is 0 Å². The molecule has 0 bridgehead atoms. The first-order chi connectivity index (χ1) is 16.5. The molecule has 176 valence electrons. The second-order valence-corrected chi connectivity index (χ2v) is 8.79. The van der Waals surface area contributed by atoms with Gasteiger partial charge in [-0.25, -0.2) is 0 Å². The zero-order valence-corrected chi connectivity index (χ0v) is 19.4. The fraction of sp³-hybridized carbons (Fsp3) is 0.346. The third-order valence-electron chi connectivity index (χ3n) is 6.23. The van der Waals surface area contributed by atoms with Crippen molar-refractivity contribution in [2.24, 2.45) is 5.92 Å². The van der Waals surface area contributed by atoms with E-state index in [1.807, 2.05) is 36.4 Å². The monoisotopic (exact) mass is 460 g/mol. The molecule has 8 nitrogen and oxygen atoms in total. The third kappa shape index (κ3) is 4.90. The number of aromatic nitrogens is 2. The van der Waals surface area contributed by atoms with Crippen LogP contribution in [0.2, 0.25) is 0 Å². The lowest BCUT2D eigenvalue weighted by Gasteiger charge is -2.30. The summed E-state index contributed by atoms with van der Waals surface area (Å²) in [6.45, 7) is 6.25. The van der Waals surface area contributed by atoms with Gasteiger partial charge in [0.25, 0.3) is 5.91 Å². The highest BCUT2D eigenvalue weighted by atomic mass is 16.7. The van der Waals surface area contributed by atoms with Crippen LogP contribution in [0.4, 0.5) is 11.5 Å². The number of nitrogens with one attached hydrogen (secondary N) is 1. The molecule has 3 aromatic rings. The molecule has 3 heterocycles. The number of nitrogens with zero attached hydrogens (tertiary/aromatic N) is 3. The minimum absolute atomic E-state index is 0.193. The summed E-state index contributed by atoms with van der Waals surface area (Å²) in [6.07, 6.45) is 1.70. The van der Waals surface area contributed by atoms with Crippen molar-refractivity contribution in [1.29, 1.82) is 0 Å². The van der Waals surface area contributed by atoms with E-state index in [9.17, 15) is 4.79 Å². The van der Waals surface area contributed by atoms with Crippen LogP contribution in [0.25, 0.3) is 11.3 Å². The van der Waals surface area contributed by atoms with E-state index in [1.165, 1.54) is 12.8 Å². The van der Waals surface area contributed by atoms with Crippen molar-refractivity contribution in [1.82, 2.24) is 10.2 Å². The average molecular weight is 461 g/mol. The molecule has 0 radical (unpaired) electrons. The Hall–Kier alpha value is -3.81. The Balaban J connectivity index is 1.17. The van der Waals surface area contributed by atoms with Gasteiger partial charge in [0.05, 0.1) is 5.69 Å². The molecule has 2 aromatic carbocycles. The van der Waals surface area contributed by atoms with Crippen LogP contribution < -0.4 is 24.4 Å². The van der Waals surface area contributed by atoms with Gasteiger partial charge < -0.3 is 24.4 Å². The van der Waals surface area contributed by atoms with Crippen molar-refractivity contribution in [3.05, 3.63) is 54.6 Å². The summed E-state index contributed by atoms with van der Waals surface area (Å²) < 4.78 is 16.4. The minimum atomic E-state index is -0.684. The number of carbonyl (C=O) groups excluding carboxylic acids is 1. The Morgan fingerprint density at radius 3 is 2.53 bits per heavy atom. The molecule has 2 aliphatic rings. The second-order valence-electron chi connectivity index (χ2n) is 8.79. The van der Waals surface area contributed by atoms with Crippen molar-refractivity contribution in [3.63, 3.8) is 0 Å². The number of fused-ring (bicyclic) bond motifs is 1. The molecule has 1 amide bonds. The van der Waals surface area contributed by atoms with Crippen LogP contribution in [-0.4, -0.2) is 42.1 Å². The number of amides is 1. The number of benzene rings is 2. The lowest BCUT2D eigenvalue weighted by atomic mass is 9.99. The van der Waals surface area contributed by atoms with E-state index in [2.05, 4.69) is 27.3 Å². The molecule has 2 aliphatic heterocycles. The Morgan fingerprint density at radius 2 is 1.79 bits per heavy atom. The minimum Gasteiger partial charge on any atom is -0.481 e. The van der Waals surface area contributed by atoms with Crippen molar-refractivity contribution in [2.45, 2.75) is 32.8 Å². The van der Waals surface area contributed by atoms with Crippen LogP contribution >= 0.6 is 0 Å². The molecule has 1 unspecified atom stereocenters. The van der Waals surface area contributed by atoms with E-state index >= 15 is 0 Å². The van der Waals surface area contributed by atoms with Gasteiger partial charge in [-0.1, -0.05) is 19.1 Å². The summed E-state index contributed by atoms with van der Waals surface area (Å²) in [5.41, 5.74) is 2.42. The molecule has 1 aromatic heterocycles. The largest absolute Gasteiger partial charge is 0.481 e. The van der Waals surface area contributed by atoms with Gasteiger partial charge in [0.15, 0.2) is 23.4 Å². The van der Waals surface area contributed by atoms with E-state index in [4.69, 9.17) is 14.2 Å². The summed E-state index contributed by atoms with van der Waals surface area (Å²) in [7, 11) is 0. The Morgan fingerprint density at radius 1 is 1.03 bits per heavy atom. The maximum atomic E-state index is 12.6. The standard InChI is InChI=1S/C26H28N4O4/c1-17-11-13-30(14-12-17)25-10-8-22(28-29-25)19-3-5-20(6-4-19)27-26(31)18(2)34-21-7-9-23-24(15-21)33-16-32-23/h3-10,15,17-18H,11-14,16H2,1-2H3,(H,27,31). The predicted octanol–water partition coefficient (Wildman–Crippen LogP) is 4.51. The first-order valence-corrected chi connectivity index (χ1v) is 11.6. The van der Waals surface area contributed by atoms with Gasteiger partial charge in [0, 0.05) is 30.4 Å². The van der Waals surface area contributed by atoms with Gasteiger partial charge in [-0.3, -0.25) is 4.79 Å². The van der Waals surface area contributed by atoms with Crippen LogP contribution in [0.3, 0.4) is 0 Å². The molecule has 1 saturated heterocycles. The Bertz CT molecular complexity index is 1140. The van der Waals surface area contributed by atoms with Crippen molar-refractivity contribution in [2.75, 3.05) is 30.1 Å². The summed E-state index contributed by atoms with van der Waals surface area (Å²) >= 11 is 0. The fourth-order valence-corrected chi connectivity index (χ4v) is 4.06. The van der Waals surface area contributed by atoms with E-state index in [-0.39, 0.29) is 12.7 Å². The second kappa shape index (κ2) is 9.59. The van der Waals surface area contributed by atoms with Crippen LogP contribution in [0.5, 0.6) is 17.2 Å². The van der Waals surface area contributed by atoms with E-state index in [0.29, 0.717) is 22.9 Å². The average Bonchev–Trinajstić information content (AvgIpc) is 3.33. The summed E-state index contributed by atoms with van der Waals surface area (Å²) in [4.78, 5) is 14.9. The number of piperidine rings is 1. The molecular weight excluding hydrogens is 432 g/mol. The number of carbonyl (C=O) groups is 1. The van der Waals surface area contributed by atoms with Gasteiger partial charge in [-0.15, -0.1) is 10.2 Å². The normalized spacial score (nSPS) is 16.2. The van der Waals surface area contributed by atoms with E-state index in [1.54, 1.807) is 25.1 Å².